The van der Waals surface area contributed by atoms with Crippen molar-refractivity contribution >= 4 is 5.82 Å². The van der Waals surface area contributed by atoms with E-state index in [1.807, 2.05) is 0 Å². The Labute approximate surface area is 87.8 Å². The highest BCUT2D eigenvalue weighted by molar-refractivity contribution is 5.31. The van der Waals surface area contributed by atoms with Gasteiger partial charge in [0, 0.05) is 12.8 Å². The lowest BCUT2D eigenvalue weighted by atomic mass is 10.2. The van der Waals surface area contributed by atoms with Gasteiger partial charge in [0.15, 0.2) is 5.82 Å². The molecule has 1 saturated heterocycles. The van der Waals surface area contributed by atoms with Crippen LogP contribution in [0.5, 0.6) is 5.88 Å². The van der Waals surface area contributed by atoms with Crippen molar-refractivity contribution in [2.24, 2.45) is 5.84 Å². The average molecular weight is 210 g/mol. The van der Waals surface area contributed by atoms with E-state index < -0.39 is 0 Å². The molecule has 1 aromatic heterocycles. The second-order valence-corrected chi connectivity index (χ2v) is 3.32. The van der Waals surface area contributed by atoms with Gasteiger partial charge < -0.3 is 14.9 Å². The molecular formula is C9H14N4O2. The van der Waals surface area contributed by atoms with Gasteiger partial charge in [-0.3, -0.25) is 4.98 Å². The van der Waals surface area contributed by atoms with Gasteiger partial charge >= 0.3 is 0 Å². The number of ether oxygens (including phenoxy) is 2. The third-order valence-electron chi connectivity index (χ3n) is 2.22. The van der Waals surface area contributed by atoms with E-state index in [0.717, 1.165) is 26.1 Å². The number of nitrogens with zero attached hydrogens (tertiary/aromatic N) is 2. The van der Waals surface area contributed by atoms with Crippen molar-refractivity contribution in [1.82, 2.24) is 9.97 Å². The van der Waals surface area contributed by atoms with E-state index in [9.17, 15) is 0 Å². The quantitative estimate of drug-likeness (QED) is 0.552. The van der Waals surface area contributed by atoms with Crippen molar-refractivity contribution in [1.29, 1.82) is 0 Å². The van der Waals surface area contributed by atoms with Gasteiger partial charge in [0.25, 0.3) is 0 Å². The number of aromatic nitrogens is 2. The van der Waals surface area contributed by atoms with Crippen LogP contribution >= 0.6 is 0 Å². The number of anilines is 1. The summed E-state index contributed by atoms with van der Waals surface area (Å²) in [5, 5.41) is 0. The fourth-order valence-corrected chi connectivity index (χ4v) is 1.44. The first-order valence-corrected chi connectivity index (χ1v) is 4.91. The van der Waals surface area contributed by atoms with Gasteiger partial charge in [-0.05, 0) is 0 Å². The fourth-order valence-electron chi connectivity index (χ4n) is 1.44. The van der Waals surface area contributed by atoms with E-state index in [4.69, 9.17) is 15.3 Å². The summed E-state index contributed by atoms with van der Waals surface area (Å²) in [5.41, 5.74) is 2.43. The first kappa shape index (κ1) is 10.1. The van der Waals surface area contributed by atoms with Crippen LogP contribution in [0.2, 0.25) is 0 Å². The molecule has 1 fully saturated rings. The van der Waals surface area contributed by atoms with Gasteiger partial charge in [-0.15, -0.1) is 0 Å². The summed E-state index contributed by atoms with van der Waals surface area (Å²) >= 11 is 0. The number of hydrogen-bond donors (Lipinski definition) is 2. The third-order valence-corrected chi connectivity index (χ3v) is 2.22. The highest BCUT2D eigenvalue weighted by atomic mass is 16.5. The Morgan fingerprint density at radius 2 is 2.20 bits per heavy atom. The van der Waals surface area contributed by atoms with Crippen LogP contribution in [0.4, 0.5) is 5.82 Å². The maximum Gasteiger partial charge on any atom is 0.234 e. The maximum absolute atomic E-state index is 5.65. The monoisotopic (exact) mass is 210 g/mol. The molecular weight excluding hydrogens is 196 g/mol. The molecule has 1 aliphatic heterocycles. The zero-order valence-corrected chi connectivity index (χ0v) is 8.35. The van der Waals surface area contributed by atoms with Gasteiger partial charge in [0.05, 0.1) is 25.6 Å². The zero-order chi connectivity index (χ0) is 10.5. The molecule has 2 rings (SSSR count). The molecule has 0 spiro atoms. The number of nitrogens with two attached hydrogens (primary N) is 1. The van der Waals surface area contributed by atoms with Crippen molar-refractivity contribution in [3.8, 4) is 5.88 Å². The lowest BCUT2D eigenvalue weighted by Crippen LogP contribution is -2.26. The molecule has 1 aromatic rings. The molecule has 0 amide bonds. The average Bonchev–Trinajstić information content (AvgIpc) is 2.31. The predicted octanol–water partition coefficient (Wildman–Crippen LogP) is 0.320. The number of nitrogen functional groups attached to an aromatic ring is 1. The molecule has 0 aromatic carbocycles. The van der Waals surface area contributed by atoms with Crippen molar-refractivity contribution in [3.05, 3.63) is 12.4 Å². The van der Waals surface area contributed by atoms with Crippen LogP contribution in [0, 0.1) is 0 Å². The largest absolute Gasteiger partial charge is 0.473 e. The van der Waals surface area contributed by atoms with E-state index in [1.54, 1.807) is 6.20 Å². The van der Waals surface area contributed by atoms with E-state index in [0.29, 0.717) is 11.7 Å². The Morgan fingerprint density at radius 3 is 2.93 bits per heavy atom. The van der Waals surface area contributed by atoms with Crippen LogP contribution in [-0.2, 0) is 4.74 Å². The molecule has 1 aliphatic rings. The summed E-state index contributed by atoms with van der Waals surface area (Å²) in [4.78, 5) is 8.08. The van der Waals surface area contributed by atoms with E-state index in [1.165, 1.54) is 6.20 Å². The van der Waals surface area contributed by atoms with Gasteiger partial charge in [-0.25, -0.2) is 5.84 Å². The fraction of sp³-hybridized carbons (Fsp3) is 0.556. The van der Waals surface area contributed by atoms with Gasteiger partial charge in [-0.1, -0.05) is 0 Å². The zero-order valence-electron chi connectivity index (χ0n) is 8.35. The van der Waals surface area contributed by atoms with E-state index in [-0.39, 0.29) is 6.10 Å². The summed E-state index contributed by atoms with van der Waals surface area (Å²) in [5.74, 6) is 6.22. The summed E-state index contributed by atoms with van der Waals surface area (Å²) in [6, 6.07) is 0. The summed E-state index contributed by atoms with van der Waals surface area (Å²) in [6.45, 7) is 1.49. The van der Waals surface area contributed by atoms with E-state index >= 15 is 0 Å². The maximum atomic E-state index is 5.65. The number of nitrogens with one attached hydrogen (secondary N) is 1. The topological polar surface area (TPSA) is 82.3 Å². The highest BCUT2D eigenvalue weighted by Crippen LogP contribution is 2.15. The number of hydrazine groups is 1. The molecule has 0 radical (unpaired) electrons. The summed E-state index contributed by atoms with van der Waals surface area (Å²) in [6.07, 6.45) is 5.07. The lowest BCUT2D eigenvalue weighted by Gasteiger charge is -2.22. The second kappa shape index (κ2) is 4.90. The Kier molecular flexibility index (Phi) is 3.31. The molecule has 6 nitrogen and oxygen atoms in total. The minimum Gasteiger partial charge on any atom is -0.473 e. The Morgan fingerprint density at radius 1 is 1.40 bits per heavy atom. The standard InChI is InChI=1S/C9H14N4O2/c10-13-8-5-11-6-9(12-8)15-7-1-3-14-4-2-7/h5-7H,1-4,10H2,(H,12,13). The first-order valence-electron chi connectivity index (χ1n) is 4.91. The van der Waals surface area contributed by atoms with Crippen molar-refractivity contribution in [3.63, 3.8) is 0 Å². The lowest BCUT2D eigenvalue weighted by molar-refractivity contribution is 0.0236. The highest BCUT2D eigenvalue weighted by Gasteiger charge is 2.15. The Balaban J connectivity index is 1.96. The van der Waals surface area contributed by atoms with Gasteiger partial charge in [0.1, 0.15) is 6.10 Å². The number of hydrogen-bond acceptors (Lipinski definition) is 6. The third kappa shape index (κ3) is 2.77. The van der Waals surface area contributed by atoms with Crippen LogP contribution in [0.3, 0.4) is 0 Å². The molecule has 0 unspecified atom stereocenters. The molecule has 0 bridgehead atoms. The minimum absolute atomic E-state index is 0.168. The van der Waals surface area contributed by atoms with Crippen LogP contribution in [0.15, 0.2) is 12.4 Å². The Hall–Kier alpha value is -1.40. The molecule has 0 aliphatic carbocycles. The molecule has 3 N–H and O–H groups in total. The van der Waals surface area contributed by atoms with Crippen molar-refractivity contribution in [2.45, 2.75) is 18.9 Å². The molecule has 15 heavy (non-hydrogen) atoms. The van der Waals surface area contributed by atoms with Crippen LogP contribution in [0.1, 0.15) is 12.8 Å². The summed E-state index contributed by atoms with van der Waals surface area (Å²) in [7, 11) is 0. The minimum atomic E-state index is 0.168. The molecule has 0 saturated carbocycles. The van der Waals surface area contributed by atoms with Gasteiger partial charge in [0.2, 0.25) is 5.88 Å². The van der Waals surface area contributed by atoms with Gasteiger partial charge in [-0.2, -0.15) is 4.98 Å². The molecule has 2 heterocycles. The first-order chi connectivity index (χ1) is 7.38. The Bertz CT molecular complexity index is 315. The van der Waals surface area contributed by atoms with Crippen molar-refractivity contribution in [2.75, 3.05) is 18.6 Å². The van der Waals surface area contributed by atoms with E-state index in [2.05, 4.69) is 15.4 Å². The smallest absolute Gasteiger partial charge is 0.234 e. The molecule has 6 heteroatoms. The predicted molar refractivity (Wildman–Crippen MR) is 54.3 cm³/mol. The second-order valence-electron chi connectivity index (χ2n) is 3.32. The van der Waals surface area contributed by atoms with Crippen LogP contribution in [0.25, 0.3) is 0 Å². The summed E-state index contributed by atoms with van der Waals surface area (Å²) < 4.78 is 10.9. The van der Waals surface area contributed by atoms with Crippen LogP contribution in [-0.4, -0.2) is 29.3 Å². The SMILES string of the molecule is NNc1cncc(OC2CCOCC2)n1. The normalized spacial score (nSPS) is 17.4. The number of rotatable bonds is 3. The van der Waals surface area contributed by atoms with Crippen LogP contribution < -0.4 is 16.0 Å². The van der Waals surface area contributed by atoms with Crippen molar-refractivity contribution < 1.29 is 9.47 Å². The molecule has 82 valence electrons. The molecule has 0 atom stereocenters.